The Kier molecular flexibility index (Phi) is 7.38. The summed E-state index contributed by atoms with van der Waals surface area (Å²) in [5.41, 5.74) is 4.23. The van der Waals surface area contributed by atoms with Gasteiger partial charge in [-0.15, -0.1) is 0 Å². The fraction of sp³-hybridized carbons (Fsp3) is 0.269. The third kappa shape index (κ3) is 5.67. The molecule has 0 bridgehead atoms. The Balaban J connectivity index is 1.37. The Bertz CT molecular complexity index is 1280. The molecule has 0 atom stereocenters. The van der Waals surface area contributed by atoms with Gasteiger partial charge in [0.05, 0.1) is 4.90 Å². The number of amides is 1. The highest BCUT2D eigenvalue weighted by molar-refractivity contribution is 7.89. The lowest BCUT2D eigenvalue weighted by Crippen LogP contribution is -2.48. The second-order valence-corrected chi connectivity index (χ2v) is 11.0. The lowest BCUT2D eigenvalue weighted by molar-refractivity contribution is 0.102. The van der Waals surface area contributed by atoms with E-state index in [4.69, 9.17) is 11.6 Å². The van der Waals surface area contributed by atoms with Crippen LogP contribution in [0.25, 0.3) is 0 Å². The number of hydrogen-bond acceptors (Lipinski definition) is 4. The van der Waals surface area contributed by atoms with Crippen LogP contribution in [-0.4, -0.2) is 49.7 Å². The number of carbonyl (C=O) groups is 1. The number of halogens is 1. The molecule has 3 aromatic rings. The van der Waals surface area contributed by atoms with E-state index < -0.39 is 10.0 Å². The van der Waals surface area contributed by atoms with Gasteiger partial charge in [0.15, 0.2) is 0 Å². The molecule has 0 aliphatic carbocycles. The van der Waals surface area contributed by atoms with Gasteiger partial charge in [0, 0.05) is 49.0 Å². The van der Waals surface area contributed by atoms with Crippen LogP contribution in [0.1, 0.15) is 27.0 Å². The summed E-state index contributed by atoms with van der Waals surface area (Å²) in [6, 6.07) is 19.9. The largest absolute Gasteiger partial charge is 0.322 e. The van der Waals surface area contributed by atoms with Crippen LogP contribution in [0.4, 0.5) is 5.69 Å². The summed E-state index contributed by atoms with van der Waals surface area (Å²) in [7, 11) is -3.49. The van der Waals surface area contributed by atoms with Crippen molar-refractivity contribution in [3.8, 4) is 0 Å². The second kappa shape index (κ2) is 10.3. The van der Waals surface area contributed by atoms with Crippen molar-refractivity contribution in [2.75, 3.05) is 31.5 Å². The van der Waals surface area contributed by atoms with E-state index in [9.17, 15) is 13.2 Å². The van der Waals surface area contributed by atoms with E-state index in [0.717, 1.165) is 16.7 Å². The molecule has 1 aliphatic heterocycles. The van der Waals surface area contributed by atoms with Crippen molar-refractivity contribution in [3.63, 3.8) is 0 Å². The highest BCUT2D eigenvalue weighted by Gasteiger charge is 2.28. The van der Waals surface area contributed by atoms with Gasteiger partial charge in [-0.1, -0.05) is 47.5 Å². The van der Waals surface area contributed by atoms with Crippen molar-refractivity contribution in [1.82, 2.24) is 9.21 Å². The first-order valence-electron chi connectivity index (χ1n) is 11.2. The summed E-state index contributed by atoms with van der Waals surface area (Å²) in [5, 5.41) is 3.50. The molecule has 34 heavy (non-hydrogen) atoms. The number of nitrogens with one attached hydrogen (secondary N) is 1. The van der Waals surface area contributed by atoms with Gasteiger partial charge in [-0.3, -0.25) is 9.69 Å². The molecular formula is C26H28ClN3O3S. The average molecular weight is 498 g/mol. The summed E-state index contributed by atoms with van der Waals surface area (Å²) in [6.07, 6.45) is 0. The quantitative estimate of drug-likeness (QED) is 0.535. The average Bonchev–Trinajstić information content (AvgIpc) is 2.82. The SMILES string of the molecule is Cc1ccc(S(=O)(=O)N2CCN(Cc3cccc(C(=O)Nc4cc(Cl)ccc4C)c3)CC2)cc1. The summed E-state index contributed by atoms with van der Waals surface area (Å²) >= 11 is 6.06. The minimum atomic E-state index is -3.49. The van der Waals surface area contributed by atoms with E-state index in [1.807, 2.05) is 50.2 Å². The van der Waals surface area contributed by atoms with Crippen molar-refractivity contribution in [2.24, 2.45) is 0 Å². The molecule has 0 unspecified atom stereocenters. The summed E-state index contributed by atoms with van der Waals surface area (Å²) < 4.78 is 27.4. The first-order chi connectivity index (χ1) is 16.2. The number of sulfonamides is 1. The third-order valence-corrected chi connectivity index (χ3v) is 8.18. The molecule has 1 aliphatic rings. The molecular weight excluding hydrogens is 470 g/mol. The highest BCUT2D eigenvalue weighted by Crippen LogP contribution is 2.22. The van der Waals surface area contributed by atoms with Crippen LogP contribution in [0.2, 0.25) is 5.02 Å². The number of hydrogen-bond donors (Lipinski definition) is 1. The predicted molar refractivity (Wildman–Crippen MR) is 136 cm³/mol. The Hall–Kier alpha value is -2.71. The second-order valence-electron chi connectivity index (χ2n) is 8.61. The first-order valence-corrected chi connectivity index (χ1v) is 13.0. The lowest BCUT2D eigenvalue weighted by Gasteiger charge is -2.34. The molecule has 1 amide bonds. The standard InChI is InChI=1S/C26H28ClN3O3S/c1-19-6-10-24(11-7-19)34(32,33)30-14-12-29(13-15-30)18-21-4-3-5-22(16-21)26(31)28-25-17-23(27)9-8-20(25)2/h3-11,16-17H,12-15,18H2,1-2H3,(H,28,31). The summed E-state index contributed by atoms with van der Waals surface area (Å²) in [4.78, 5) is 15.3. The van der Waals surface area contributed by atoms with Crippen molar-refractivity contribution in [3.05, 3.63) is 94.0 Å². The van der Waals surface area contributed by atoms with Crippen molar-refractivity contribution < 1.29 is 13.2 Å². The molecule has 0 spiro atoms. The van der Waals surface area contributed by atoms with Crippen molar-refractivity contribution >= 4 is 33.2 Å². The van der Waals surface area contributed by atoms with Gasteiger partial charge in [0.2, 0.25) is 10.0 Å². The van der Waals surface area contributed by atoms with Gasteiger partial charge in [-0.2, -0.15) is 4.31 Å². The van der Waals surface area contributed by atoms with Gasteiger partial charge in [0.1, 0.15) is 0 Å². The van der Waals surface area contributed by atoms with Gasteiger partial charge in [-0.25, -0.2) is 8.42 Å². The van der Waals surface area contributed by atoms with Crippen molar-refractivity contribution in [1.29, 1.82) is 0 Å². The van der Waals surface area contributed by atoms with Crippen LogP contribution in [0.15, 0.2) is 71.6 Å². The maximum Gasteiger partial charge on any atom is 0.255 e. The Morgan fingerprint density at radius 1 is 0.941 bits per heavy atom. The Labute approximate surface area is 206 Å². The number of aryl methyl sites for hydroxylation is 2. The zero-order chi connectivity index (χ0) is 24.3. The van der Waals surface area contributed by atoms with Crippen LogP contribution >= 0.6 is 11.6 Å². The maximum atomic E-state index is 12.9. The number of rotatable bonds is 6. The van der Waals surface area contributed by atoms with E-state index in [2.05, 4.69) is 10.2 Å². The lowest BCUT2D eigenvalue weighted by atomic mass is 10.1. The molecule has 3 aromatic carbocycles. The molecule has 1 saturated heterocycles. The van der Waals surface area contributed by atoms with E-state index in [0.29, 0.717) is 53.9 Å². The van der Waals surface area contributed by atoms with Crippen LogP contribution < -0.4 is 5.32 Å². The fourth-order valence-electron chi connectivity index (χ4n) is 3.98. The normalized spacial score (nSPS) is 15.3. The highest BCUT2D eigenvalue weighted by atomic mass is 35.5. The predicted octanol–water partition coefficient (Wildman–Crippen LogP) is 4.72. The van der Waals surface area contributed by atoms with E-state index >= 15 is 0 Å². The molecule has 8 heteroatoms. The minimum absolute atomic E-state index is 0.193. The summed E-state index contributed by atoms with van der Waals surface area (Å²) in [6.45, 7) is 6.63. The molecule has 6 nitrogen and oxygen atoms in total. The molecule has 1 N–H and O–H groups in total. The number of nitrogens with zero attached hydrogens (tertiary/aromatic N) is 2. The van der Waals surface area contributed by atoms with Crippen LogP contribution in [0.5, 0.6) is 0 Å². The molecule has 0 saturated carbocycles. The van der Waals surface area contributed by atoms with Gasteiger partial charge < -0.3 is 5.32 Å². The van der Waals surface area contributed by atoms with Crippen LogP contribution in [0, 0.1) is 13.8 Å². The van der Waals surface area contributed by atoms with Gasteiger partial charge in [0.25, 0.3) is 5.91 Å². The van der Waals surface area contributed by atoms with Gasteiger partial charge in [-0.05, 0) is 61.4 Å². The molecule has 178 valence electrons. The third-order valence-electron chi connectivity index (χ3n) is 6.03. The Morgan fingerprint density at radius 3 is 2.35 bits per heavy atom. The smallest absolute Gasteiger partial charge is 0.255 e. The molecule has 0 aromatic heterocycles. The first kappa shape index (κ1) is 24.4. The van der Waals surface area contributed by atoms with E-state index in [1.54, 1.807) is 34.6 Å². The van der Waals surface area contributed by atoms with Gasteiger partial charge >= 0.3 is 0 Å². The van der Waals surface area contributed by atoms with Crippen LogP contribution in [-0.2, 0) is 16.6 Å². The molecule has 1 fully saturated rings. The number of benzene rings is 3. The molecule has 1 heterocycles. The van der Waals surface area contributed by atoms with E-state index in [-0.39, 0.29) is 5.91 Å². The molecule has 0 radical (unpaired) electrons. The number of anilines is 1. The topological polar surface area (TPSA) is 69.7 Å². The number of piperazine rings is 1. The van der Waals surface area contributed by atoms with E-state index in [1.165, 1.54) is 0 Å². The maximum absolute atomic E-state index is 12.9. The van der Waals surface area contributed by atoms with Crippen LogP contribution in [0.3, 0.4) is 0 Å². The fourth-order valence-corrected chi connectivity index (χ4v) is 5.57. The monoisotopic (exact) mass is 497 g/mol. The summed E-state index contributed by atoms with van der Waals surface area (Å²) in [5.74, 6) is -0.193. The zero-order valence-electron chi connectivity index (χ0n) is 19.3. The van der Waals surface area contributed by atoms with Crippen molar-refractivity contribution in [2.45, 2.75) is 25.3 Å². The number of carbonyl (C=O) groups excluding carboxylic acids is 1. The molecule has 4 rings (SSSR count). The Morgan fingerprint density at radius 2 is 1.65 bits per heavy atom. The minimum Gasteiger partial charge on any atom is -0.322 e. The zero-order valence-corrected chi connectivity index (χ0v) is 20.9.